The average molecular weight is 369 g/mol. The highest BCUT2D eigenvalue weighted by atomic mass is 32.2. The Morgan fingerprint density at radius 3 is 2.69 bits per heavy atom. The van der Waals surface area contributed by atoms with Crippen LogP contribution in [0.1, 0.15) is 11.3 Å². The van der Waals surface area contributed by atoms with Crippen LogP contribution in [0.3, 0.4) is 0 Å². The fourth-order valence-corrected chi connectivity index (χ4v) is 4.35. The standard InChI is InChI=1S/C19H19N3O3S/c1-21-16-7-8-22(18(24)15-11-26-19(25)20-15)10-13(16)9-14(17(21)23)12-5-3-2-4-6-12/h2-6,9,15H,7-8,10-11H2,1H3,(H,20,25)/t15-/m0/s1. The molecule has 0 aliphatic carbocycles. The molecular formula is C19H19N3O3S. The zero-order valence-corrected chi connectivity index (χ0v) is 15.2. The third kappa shape index (κ3) is 2.92. The van der Waals surface area contributed by atoms with Gasteiger partial charge in [-0.2, -0.15) is 0 Å². The number of hydrogen-bond donors (Lipinski definition) is 1. The summed E-state index contributed by atoms with van der Waals surface area (Å²) < 4.78 is 1.70. The topological polar surface area (TPSA) is 71.4 Å². The predicted molar refractivity (Wildman–Crippen MR) is 101 cm³/mol. The molecule has 6 nitrogen and oxygen atoms in total. The minimum absolute atomic E-state index is 0.0193. The second-order valence-electron chi connectivity index (χ2n) is 6.57. The van der Waals surface area contributed by atoms with E-state index in [4.69, 9.17) is 0 Å². The first-order valence-corrected chi connectivity index (χ1v) is 9.52. The molecule has 1 fully saturated rings. The summed E-state index contributed by atoms with van der Waals surface area (Å²) in [5, 5.41) is 2.57. The summed E-state index contributed by atoms with van der Waals surface area (Å²) in [4.78, 5) is 38.6. The first-order chi connectivity index (χ1) is 12.5. The minimum Gasteiger partial charge on any atom is -0.336 e. The van der Waals surface area contributed by atoms with Gasteiger partial charge in [-0.15, -0.1) is 0 Å². The molecule has 3 heterocycles. The van der Waals surface area contributed by atoms with Crippen molar-refractivity contribution in [2.24, 2.45) is 7.05 Å². The molecule has 4 rings (SSSR count). The number of rotatable bonds is 2. The lowest BCUT2D eigenvalue weighted by Gasteiger charge is -2.32. The van der Waals surface area contributed by atoms with Gasteiger partial charge in [0.1, 0.15) is 6.04 Å². The zero-order chi connectivity index (χ0) is 18.3. The molecule has 0 bridgehead atoms. The zero-order valence-electron chi connectivity index (χ0n) is 14.4. The number of hydrogen-bond acceptors (Lipinski definition) is 4. The number of benzene rings is 1. The molecular weight excluding hydrogens is 350 g/mol. The van der Waals surface area contributed by atoms with Crippen LogP contribution in [0.2, 0.25) is 0 Å². The van der Waals surface area contributed by atoms with Crippen LogP contribution in [-0.4, -0.2) is 39.0 Å². The number of aromatic nitrogens is 1. The predicted octanol–water partition coefficient (Wildman–Crippen LogP) is 1.76. The Balaban J connectivity index is 1.66. The van der Waals surface area contributed by atoms with Crippen molar-refractivity contribution < 1.29 is 9.59 Å². The van der Waals surface area contributed by atoms with Gasteiger partial charge in [-0.25, -0.2) is 0 Å². The van der Waals surface area contributed by atoms with Crippen molar-refractivity contribution in [1.29, 1.82) is 0 Å². The molecule has 0 radical (unpaired) electrons. The molecule has 2 aliphatic rings. The van der Waals surface area contributed by atoms with Crippen LogP contribution in [0.25, 0.3) is 11.1 Å². The maximum atomic E-state index is 12.7. The molecule has 0 saturated carbocycles. The van der Waals surface area contributed by atoms with Crippen LogP contribution in [0.15, 0.2) is 41.2 Å². The molecule has 1 aromatic heterocycles. The lowest BCUT2D eigenvalue weighted by atomic mass is 9.99. The summed E-state index contributed by atoms with van der Waals surface area (Å²) in [6.45, 7) is 1.01. The summed E-state index contributed by atoms with van der Waals surface area (Å²) >= 11 is 1.14. The van der Waals surface area contributed by atoms with E-state index in [-0.39, 0.29) is 16.7 Å². The first-order valence-electron chi connectivity index (χ1n) is 8.54. The van der Waals surface area contributed by atoms with Crippen molar-refractivity contribution in [1.82, 2.24) is 14.8 Å². The number of nitrogens with one attached hydrogen (secondary N) is 1. The summed E-state index contributed by atoms with van der Waals surface area (Å²) in [7, 11) is 1.79. The molecule has 1 saturated heterocycles. The van der Waals surface area contributed by atoms with Crippen LogP contribution in [0.4, 0.5) is 4.79 Å². The number of carbonyl (C=O) groups is 2. The van der Waals surface area contributed by atoms with E-state index in [0.717, 1.165) is 28.6 Å². The molecule has 2 aliphatic heterocycles. The van der Waals surface area contributed by atoms with Crippen molar-refractivity contribution in [2.75, 3.05) is 12.3 Å². The van der Waals surface area contributed by atoms with E-state index in [1.807, 2.05) is 36.4 Å². The highest BCUT2D eigenvalue weighted by molar-refractivity contribution is 8.14. The quantitative estimate of drug-likeness (QED) is 0.876. The number of thioether (sulfide) groups is 1. The fraction of sp³-hybridized carbons (Fsp3) is 0.316. The molecule has 1 aromatic carbocycles. The van der Waals surface area contributed by atoms with Crippen molar-refractivity contribution >= 4 is 22.9 Å². The molecule has 0 unspecified atom stereocenters. The largest absolute Gasteiger partial charge is 0.336 e. The summed E-state index contributed by atoms with van der Waals surface area (Å²) in [5.41, 5.74) is 3.46. The van der Waals surface area contributed by atoms with Gasteiger partial charge in [-0.1, -0.05) is 42.1 Å². The maximum Gasteiger partial charge on any atom is 0.279 e. The molecule has 2 amide bonds. The number of nitrogens with zero attached hydrogens (tertiary/aromatic N) is 2. The Kier molecular flexibility index (Phi) is 4.32. The molecule has 26 heavy (non-hydrogen) atoms. The maximum absolute atomic E-state index is 12.7. The molecule has 2 aromatic rings. The second-order valence-corrected chi connectivity index (χ2v) is 7.56. The lowest BCUT2D eigenvalue weighted by molar-refractivity contribution is -0.133. The Labute approximate surface area is 155 Å². The third-order valence-electron chi connectivity index (χ3n) is 4.98. The first kappa shape index (κ1) is 16.9. The van der Waals surface area contributed by atoms with E-state index < -0.39 is 6.04 Å². The Hall–Kier alpha value is -2.54. The highest BCUT2D eigenvalue weighted by Gasteiger charge is 2.33. The Morgan fingerprint density at radius 1 is 1.23 bits per heavy atom. The van der Waals surface area contributed by atoms with Crippen LogP contribution < -0.4 is 10.9 Å². The summed E-state index contributed by atoms with van der Waals surface area (Å²) in [6, 6.07) is 11.0. The smallest absolute Gasteiger partial charge is 0.279 e. The van der Waals surface area contributed by atoms with Crippen LogP contribution in [0, 0.1) is 0 Å². The Morgan fingerprint density at radius 2 is 2.00 bits per heavy atom. The van der Waals surface area contributed by atoms with Gasteiger partial charge in [0.05, 0.1) is 0 Å². The van der Waals surface area contributed by atoms with E-state index in [9.17, 15) is 14.4 Å². The summed E-state index contributed by atoms with van der Waals surface area (Å²) in [5.74, 6) is 0.424. The van der Waals surface area contributed by atoms with Crippen molar-refractivity contribution in [3.63, 3.8) is 0 Å². The molecule has 134 valence electrons. The van der Waals surface area contributed by atoms with Crippen molar-refractivity contribution in [3.05, 3.63) is 58.0 Å². The van der Waals surface area contributed by atoms with Crippen molar-refractivity contribution in [2.45, 2.75) is 19.0 Å². The van der Waals surface area contributed by atoms with E-state index in [1.165, 1.54) is 0 Å². The molecule has 1 atom stereocenters. The van der Waals surface area contributed by atoms with E-state index in [0.29, 0.717) is 30.8 Å². The third-order valence-corrected chi connectivity index (χ3v) is 5.86. The van der Waals surface area contributed by atoms with Gasteiger partial charge in [0.2, 0.25) is 5.91 Å². The lowest BCUT2D eigenvalue weighted by Crippen LogP contribution is -2.48. The van der Waals surface area contributed by atoms with Gasteiger partial charge in [0.15, 0.2) is 0 Å². The van der Waals surface area contributed by atoms with Crippen LogP contribution >= 0.6 is 11.8 Å². The number of carbonyl (C=O) groups excluding carboxylic acids is 2. The Bertz CT molecular complexity index is 939. The average Bonchev–Trinajstić information content (AvgIpc) is 3.10. The van der Waals surface area contributed by atoms with Crippen LogP contribution in [0.5, 0.6) is 0 Å². The normalized spacial score (nSPS) is 19.2. The number of fused-ring (bicyclic) bond motifs is 1. The fourth-order valence-electron chi connectivity index (χ4n) is 3.58. The van der Waals surface area contributed by atoms with Gasteiger partial charge in [-0.05, 0) is 17.2 Å². The minimum atomic E-state index is -0.449. The molecule has 0 spiro atoms. The number of amides is 2. The van der Waals surface area contributed by atoms with E-state index in [1.54, 1.807) is 16.5 Å². The molecule has 1 N–H and O–H groups in total. The van der Waals surface area contributed by atoms with Gasteiger partial charge in [0, 0.05) is 43.6 Å². The van der Waals surface area contributed by atoms with E-state index >= 15 is 0 Å². The number of pyridine rings is 1. The SMILES string of the molecule is Cn1c2c(cc(-c3ccccc3)c1=O)CN(C(=O)[C@@H]1CSC(=O)N1)CC2. The molecule has 7 heteroatoms. The van der Waals surface area contributed by atoms with Gasteiger partial charge in [-0.3, -0.25) is 14.4 Å². The van der Waals surface area contributed by atoms with Gasteiger partial charge < -0.3 is 14.8 Å². The summed E-state index contributed by atoms with van der Waals surface area (Å²) in [6.07, 6.45) is 0.635. The van der Waals surface area contributed by atoms with Gasteiger partial charge >= 0.3 is 0 Å². The van der Waals surface area contributed by atoms with Gasteiger partial charge in [0.25, 0.3) is 10.8 Å². The van der Waals surface area contributed by atoms with Crippen molar-refractivity contribution in [3.8, 4) is 11.1 Å². The van der Waals surface area contributed by atoms with E-state index in [2.05, 4.69) is 5.32 Å². The highest BCUT2D eigenvalue weighted by Crippen LogP contribution is 2.24. The second kappa shape index (κ2) is 6.64. The van der Waals surface area contributed by atoms with Crippen LogP contribution in [-0.2, 0) is 24.8 Å². The monoisotopic (exact) mass is 369 g/mol.